The van der Waals surface area contributed by atoms with Crippen molar-refractivity contribution in [3.05, 3.63) is 46.5 Å². The molecule has 10 nitrogen and oxygen atoms in total. The second kappa shape index (κ2) is 7.87. The number of aromatic nitrogens is 4. The molecule has 0 aliphatic carbocycles. The predicted molar refractivity (Wildman–Crippen MR) is 104 cm³/mol. The number of carboxylic acids is 1. The zero-order valence-electron chi connectivity index (χ0n) is 15.2. The van der Waals surface area contributed by atoms with Gasteiger partial charge in [-0.25, -0.2) is 9.48 Å². The van der Waals surface area contributed by atoms with Gasteiger partial charge in [0.25, 0.3) is 5.91 Å². The van der Waals surface area contributed by atoms with E-state index in [1.807, 2.05) is 30.3 Å². The van der Waals surface area contributed by atoms with Gasteiger partial charge in [0.1, 0.15) is 17.1 Å². The normalized spacial score (nSPS) is 20.9. The second-order valence-corrected chi connectivity index (χ2v) is 8.55. The average Bonchev–Trinajstić information content (AvgIpc) is 3.11. The Balaban J connectivity index is 1.48. The third kappa shape index (κ3) is 3.72. The van der Waals surface area contributed by atoms with Gasteiger partial charge in [-0.1, -0.05) is 30.3 Å². The molecule has 2 aromatic rings. The number of tetrazole rings is 1. The Bertz CT molecular complexity index is 1010. The maximum absolute atomic E-state index is 12.7. The summed E-state index contributed by atoms with van der Waals surface area (Å²) in [5, 5.41) is 23.5. The number of rotatable bonds is 6. The molecule has 0 bridgehead atoms. The summed E-state index contributed by atoms with van der Waals surface area (Å²) in [5.41, 5.74) is 0.757. The number of carboxylic acid groups (broad SMARTS) is 1. The highest BCUT2D eigenvalue weighted by molar-refractivity contribution is 8.06. The van der Waals surface area contributed by atoms with E-state index in [0.29, 0.717) is 15.8 Å². The van der Waals surface area contributed by atoms with Crippen LogP contribution in [-0.4, -0.2) is 65.2 Å². The number of benzene rings is 1. The van der Waals surface area contributed by atoms with Gasteiger partial charge in [-0.05, 0) is 27.8 Å². The summed E-state index contributed by atoms with van der Waals surface area (Å²) in [6.07, 6.45) is 0.157. The van der Waals surface area contributed by atoms with Gasteiger partial charge >= 0.3 is 5.97 Å². The Morgan fingerprint density at radius 1 is 1.34 bits per heavy atom. The lowest BCUT2D eigenvalue weighted by Gasteiger charge is -2.49. The molecule has 4 rings (SSSR count). The molecule has 0 saturated carbocycles. The van der Waals surface area contributed by atoms with Crippen LogP contribution >= 0.6 is 23.5 Å². The van der Waals surface area contributed by atoms with Crippen LogP contribution in [0.3, 0.4) is 0 Å². The smallest absolute Gasteiger partial charge is 0.353 e. The van der Waals surface area contributed by atoms with Crippen molar-refractivity contribution in [2.75, 3.05) is 5.75 Å². The van der Waals surface area contributed by atoms with E-state index < -0.39 is 23.3 Å². The number of thioether (sulfide) groups is 2. The van der Waals surface area contributed by atoms with Crippen LogP contribution in [0.5, 0.6) is 0 Å². The molecular formula is C17H16N6O4S2. The van der Waals surface area contributed by atoms with Crippen LogP contribution in [0.4, 0.5) is 0 Å². The quantitative estimate of drug-likeness (QED) is 0.616. The van der Waals surface area contributed by atoms with E-state index in [-0.39, 0.29) is 18.0 Å². The minimum absolute atomic E-state index is 0.0830. The molecule has 2 amide bonds. The van der Waals surface area contributed by atoms with Gasteiger partial charge in [0, 0.05) is 17.7 Å². The molecule has 1 aromatic heterocycles. The highest BCUT2D eigenvalue weighted by atomic mass is 32.2. The van der Waals surface area contributed by atoms with Crippen molar-refractivity contribution < 1.29 is 19.5 Å². The average molecular weight is 432 g/mol. The Kier molecular flexibility index (Phi) is 5.28. The number of nitrogens with zero attached hydrogens (tertiary/aromatic N) is 5. The lowest BCUT2D eigenvalue weighted by atomic mass is 10.0. The number of carbonyl (C=O) groups is 3. The topological polar surface area (TPSA) is 130 Å². The van der Waals surface area contributed by atoms with Crippen LogP contribution in [-0.2, 0) is 27.9 Å². The predicted octanol–water partition coefficient (Wildman–Crippen LogP) is 0.241. The lowest BCUT2D eigenvalue weighted by molar-refractivity contribution is -0.150. The molecule has 1 aromatic carbocycles. The first-order valence-electron chi connectivity index (χ1n) is 8.60. The largest absolute Gasteiger partial charge is 0.477 e. The molecule has 2 atom stereocenters. The van der Waals surface area contributed by atoms with Crippen LogP contribution in [0.1, 0.15) is 5.56 Å². The maximum atomic E-state index is 12.7. The Hall–Kier alpha value is -2.86. The van der Waals surface area contributed by atoms with Crippen molar-refractivity contribution in [1.29, 1.82) is 0 Å². The maximum Gasteiger partial charge on any atom is 0.353 e. The van der Waals surface area contributed by atoms with Crippen molar-refractivity contribution in [1.82, 2.24) is 30.4 Å². The van der Waals surface area contributed by atoms with Gasteiger partial charge in [0.15, 0.2) is 0 Å². The third-order valence-electron chi connectivity index (χ3n) is 4.46. The van der Waals surface area contributed by atoms with Crippen LogP contribution in [0, 0.1) is 0 Å². The van der Waals surface area contributed by atoms with Crippen molar-refractivity contribution >= 4 is 41.3 Å². The van der Waals surface area contributed by atoms with Crippen LogP contribution in [0.25, 0.3) is 0 Å². The monoisotopic (exact) mass is 432 g/mol. The number of carbonyl (C=O) groups excluding carboxylic acids is 2. The van der Waals surface area contributed by atoms with E-state index in [0.717, 1.165) is 17.3 Å². The van der Waals surface area contributed by atoms with E-state index in [1.54, 1.807) is 7.05 Å². The summed E-state index contributed by atoms with van der Waals surface area (Å²) >= 11 is 2.52. The number of aliphatic carboxylic acids is 1. The molecule has 0 unspecified atom stereocenters. The standard InChI is InChI=1S/C17H16N6O4S2/c1-22-17(19-20-21-22)29-10-8-28-15-12(14(25)23(15)13(10)16(26)27)18-11(24)7-9-5-3-2-4-6-9/h2-6,12,15H,7-8H2,1H3,(H,18,24)(H,26,27)/t12-,15-/m1/s1. The first-order valence-corrected chi connectivity index (χ1v) is 10.5. The van der Waals surface area contributed by atoms with Crippen molar-refractivity contribution in [2.24, 2.45) is 7.05 Å². The molecule has 2 aliphatic heterocycles. The zero-order valence-corrected chi connectivity index (χ0v) is 16.8. The Labute approximate surface area is 173 Å². The number of amides is 2. The minimum Gasteiger partial charge on any atom is -0.477 e. The molecule has 12 heteroatoms. The first-order chi connectivity index (χ1) is 14.0. The van der Waals surface area contributed by atoms with Crippen LogP contribution < -0.4 is 5.32 Å². The molecule has 2 N–H and O–H groups in total. The first kappa shape index (κ1) is 19.5. The summed E-state index contributed by atoms with van der Waals surface area (Å²) in [5.74, 6) is -1.54. The highest BCUT2D eigenvalue weighted by Crippen LogP contribution is 2.44. The second-order valence-electron chi connectivity index (χ2n) is 6.38. The molecular weight excluding hydrogens is 416 g/mol. The number of hydrogen-bond donors (Lipinski definition) is 2. The highest BCUT2D eigenvalue weighted by Gasteiger charge is 2.54. The van der Waals surface area contributed by atoms with Crippen molar-refractivity contribution in [2.45, 2.75) is 23.0 Å². The molecule has 150 valence electrons. The number of aryl methyl sites for hydroxylation is 1. The van der Waals surface area contributed by atoms with Crippen molar-refractivity contribution in [3.8, 4) is 0 Å². The summed E-state index contributed by atoms with van der Waals surface area (Å²) in [6, 6.07) is 8.46. The Morgan fingerprint density at radius 3 is 2.76 bits per heavy atom. The fraction of sp³-hybridized carbons (Fsp3) is 0.294. The number of nitrogens with one attached hydrogen (secondary N) is 1. The third-order valence-corrected chi connectivity index (χ3v) is 7.03. The fourth-order valence-corrected chi connectivity index (χ4v) is 5.48. The molecule has 29 heavy (non-hydrogen) atoms. The van der Waals surface area contributed by atoms with Gasteiger partial charge in [-0.2, -0.15) is 0 Å². The summed E-state index contributed by atoms with van der Waals surface area (Å²) in [4.78, 5) is 38.6. The zero-order chi connectivity index (χ0) is 20.5. The van der Waals surface area contributed by atoms with E-state index in [9.17, 15) is 19.5 Å². The summed E-state index contributed by atoms with van der Waals surface area (Å²) in [6.45, 7) is 0. The molecule has 0 spiro atoms. The molecule has 1 saturated heterocycles. The molecule has 2 aliphatic rings. The Morgan fingerprint density at radius 2 is 2.10 bits per heavy atom. The molecule has 0 radical (unpaired) electrons. The van der Waals surface area contributed by atoms with Crippen molar-refractivity contribution in [3.63, 3.8) is 0 Å². The number of fused-ring (bicyclic) bond motifs is 1. The van der Waals surface area contributed by atoms with Gasteiger partial charge in [0.05, 0.1) is 6.42 Å². The number of hydrogen-bond acceptors (Lipinski definition) is 8. The number of β-lactam (4-membered cyclic amide) rings is 1. The SMILES string of the molecule is Cn1nnnc1SC1=C(C(=O)O)N2C(=O)[C@@H](NC(=O)Cc3ccccc3)[C@H]2SC1. The van der Waals surface area contributed by atoms with E-state index >= 15 is 0 Å². The van der Waals surface area contributed by atoms with Gasteiger partial charge < -0.3 is 10.4 Å². The summed E-state index contributed by atoms with van der Waals surface area (Å²) < 4.78 is 1.43. The van der Waals surface area contributed by atoms with Gasteiger partial charge in [-0.3, -0.25) is 14.5 Å². The van der Waals surface area contributed by atoms with E-state index in [1.165, 1.54) is 21.3 Å². The van der Waals surface area contributed by atoms with Crippen LogP contribution in [0.2, 0.25) is 0 Å². The molecule has 1 fully saturated rings. The summed E-state index contributed by atoms with van der Waals surface area (Å²) in [7, 11) is 1.65. The molecule has 3 heterocycles. The minimum atomic E-state index is -1.20. The van der Waals surface area contributed by atoms with Gasteiger partial charge in [0.2, 0.25) is 11.1 Å². The fourth-order valence-electron chi connectivity index (χ4n) is 3.09. The van der Waals surface area contributed by atoms with E-state index in [2.05, 4.69) is 20.8 Å². The van der Waals surface area contributed by atoms with E-state index in [4.69, 9.17) is 0 Å². The lowest BCUT2D eigenvalue weighted by Crippen LogP contribution is -2.70. The van der Waals surface area contributed by atoms with Crippen LogP contribution in [0.15, 0.2) is 46.1 Å². The van der Waals surface area contributed by atoms with Gasteiger partial charge in [-0.15, -0.1) is 16.9 Å².